The molecule has 110 valence electrons. The Bertz CT molecular complexity index is 175. The fourth-order valence-corrected chi connectivity index (χ4v) is 2.62. The molecule has 3 heteroatoms. The maximum atomic E-state index is 9.60. The average molecular weight is 258 g/mol. The van der Waals surface area contributed by atoms with Crippen LogP contribution in [0.4, 0.5) is 0 Å². The molecule has 2 N–H and O–H groups in total. The lowest BCUT2D eigenvalue weighted by molar-refractivity contribution is 0.140. The average Bonchev–Trinajstić information content (AvgIpc) is 2.38. The number of hydrogen-bond acceptors (Lipinski definition) is 3. The lowest BCUT2D eigenvalue weighted by Crippen LogP contribution is -2.48. The van der Waals surface area contributed by atoms with Gasteiger partial charge in [0.15, 0.2) is 0 Å². The van der Waals surface area contributed by atoms with Gasteiger partial charge in [-0.3, -0.25) is 0 Å². The van der Waals surface area contributed by atoms with E-state index in [2.05, 4.69) is 37.9 Å². The van der Waals surface area contributed by atoms with Crippen LogP contribution < -0.4 is 5.32 Å². The summed E-state index contributed by atoms with van der Waals surface area (Å²) in [5.41, 5.74) is -0.0567. The molecule has 0 saturated heterocycles. The second-order valence-corrected chi connectivity index (χ2v) is 5.27. The number of aliphatic hydroxyl groups is 1. The van der Waals surface area contributed by atoms with Crippen LogP contribution in [0.1, 0.15) is 59.8 Å². The van der Waals surface area contributed by atoms with Crippen molar-refractivity contribution in [3.8, 4) is 0 Å². The highest BCUT2D eigenvalue weighted by Crippen LogP contribution is 2.17. The lowest BCUT2D eigenvalue weighted by atomic mass is 9.91. The van der Waals surface area contributed by atoms with Gasteiger partial charge >= 0.3 is 0 Å². The Balaban J connectivity index is 4.09. The first-order chi connectivity index (χ1) is 8.67. The Kier molecular flexibility index (Phi) is 10.7. The number of nitrogens with zero attached hydrogens (tertiary/aromatic N) is 1. The first-order valence-electron chi connectivity index (χ1n) is 7.76. The van der Waals surface area contributed by atoms with Crippen molar-refractivity contribution < 1.29 is 5.11 Å². The van der Waals surface area contributed by atoms with E-state index in [4.69, 9.17) is 0 Å². The largest absolute Gasteiger partial charge is 0.394 e. The van der Waals surface area contributed by atoms with Crippen molar-refractivity contribution in [2.75, 3.05) is 32.8 Å². The maximum absolute atomic E-state index is 9.60. The van der Waals surface area contributed by atoms with Crippen molar-refractivity contribution >= 4 is 0 Å². The van der Waals surface area contributed by atoms with Gasteiger partial charge in [0, 0.05) is 5.54 Å². The summed E-state index contributed by atoms with van der Waals surface area (Å²) in [5.74, 6) is 0. The van der Waals surface area contributed by atoms with Crippen LogP contribution in [0, 0.1) is 0 Å². The number of aliphatic hydroxyl groups excluding tert-OH is 1. The van der Waals surface area contributed by atoms with Crippen molar-refractivity contribution in [2.24, 2.45) is 0 Å². The van der Waals surface area contributed by atoms with Crippen LogP contribution >= 0.6 is 0 Å². The van der Waals surface area contributed by atoms with Gasteiger partial charge in [-0.25, -0.2) is 0 Å². The van der Waals surface area contributed by atoms with Gasteiger partial charge in [-0.15, -0.1) is 0 Å². The Morgan fingerprint density at radius 1 is 1.00 bits per heavy atom. The third kappa shape index (κ3) is 6.72. The van der Waals surface area contributed by atoms with Crippen molar-refractivity contribution in [3.63, 3.8) is 0 Å². The first-order valence-corrected chi connectivity index (χ1v) is 7.76. The fraction of sp³-hybridized carbons (Fsp3) is 1.00. The van der Waals surface area contributed by atoms with E-state index in [1.54, 1.807) is 0 Å². The number of likely N-dealkylation sites (N-methyl/N-ethyl adjacent to an activating group) is 1. The minimum atomic E-state index is -0.0567. The molecule has 0 aliphatic rings. The molecule has 0 amide bonds. The SMILES string of the molecule is CCCN(CCC)CCCC(CC)(CO)NCC. The summed E-state index contributed by atoms with van der Waals surface area (Å²) in [6.45, 7) is 13.5. The van der Waals surface area contributed by atoms with Gasteiger partial charge in [0.25, 0.3) is 0 Å². The van der Waals surface area contributed by atoms with E-state index in [0.29, 0.717) is 0 Å². The fourth-order valence-electron chi connectivity index (χ4n) is 2.62. The molecule has 0 aromatic heterocycles. The molecule has 1 unspecified atom stereocenters. The normalized spacial score (nSPS) is 15.0. The van der Waals surface area contributed by atoms with E-state index in [-0.39, 0.29) is 12.1 Å². The Labute approximate surface area is 114 Å². The van der Waals surface area contributed by atoms with Crippen molar-refractivity contribution in [3.05, 3.63) is 0 Å². The molecule has 0 rings (SSSR count). The van der Waals surface area contributed by atoms with Crippen molar-refractivity contribution in [2.45, 2.75) is 65.3 Å². The van der Waals surface area contributed by atoms with Gasteiger partial charge in [0.2, 0.25) is 0 Å². The maximum Gasteiger partial charge on any atom is 0.0613 e. The molecular weight excluding hydrogens is 224 g/mol. The summed E-state index contributed by atoms with van der Waals surface area (Å²) in [4.78, 5) is 2.55. The second-order valence-electron chi connectivity index (χ2n) is 5.27. The van der Waals surface area contributed by atoms with E-state index in [1.165, 1.54) is 32.4 Å². The highest BCUT2D eigenvalue weighted by molar-refractivity contribution is 4.85. The van der Waals surface area contributed by atoms with Crippen LogP contribution in [0.5, 0.6) is 0 Å². The van der Waals surface area contributed by atoms with Crippen LogP contribution in [-0.2, 0) is 0 Å². The predicted molar refractivity (Wildman–Crippen MR) is 80.0 cm³/mol. The van der Waals surface area contributed by atoms with E-state index in [9.17, 15) is 5.11 Å². The first kappa shape index (κ1) is 17.9. The molecular formula is C15H34N2O. The van der Waals surface area contributed by atoms with Crippen LogP contribution in [0.25, 0.3) is 0 Å². The van der Waals surface area contributed by atoms with Gasteiger partial charge in [-0.2, -0.15) is 0 Å². The molecule has 0 aromatic rings. The monoisotopic (exact) mass is 258 g/mol. The highest BCUT2D eigenvalue weighted by atomic mass is 16.3. The minimum Gasteiger partial charge on any atom is -0.394 e. The smallest absolute Gasteiger partial charge is 0.0613 e. The Morgan fingerprint density at radius 2 is 1.61 bits per heavy atom. The van der Waals surface area contributed by atoms with Crippen LogP contribution in [0.15, 0.2) is 0 Å². The van der Waals surface area contributed by atoms with Crippen LogP contribution in [0.2, 0.25) is 0 Å². The van der Waals surface area contributed by atoms with Crippen molar-refractivity contribution in [1.82, 2.24) is 10.2 Å². The summed E-state index contributed by atoms with van der Waals surface area (Å²) < 4.78 is 0. The molecule has 0 aromatic carbocycles. The number of nitrogens with one attached hydrogen (secondary N) is 1. The zero-order valence-corrected chi connectivity index (χ0v) is 13.0. The van der Waals surface area contributed by atoms with E-state index < -0.39 is 0 Å². The molecule has 0 spiro atoms. The van der Waals surface area contributed by atoms with E-state index >= 15 is 0 Å². The van der Waals surface area contributed by atoms with Gasteiger partial charge < -0.3 is 15.3 Å². The Morgan fingerprint density at radius 3 is 2.00 bits per heavy atom. The van der Waals surface area contributed by atoms with Gasteiger partial charge in [0.1, 0.15) is 0 Å². The molecule has 0 fully saturated rings. The standard InChI is InChI=1S/C15H34N2O/c1-5-11-17(12-6-2)13-9-10-15(7-3,14-18)16-8-4/h16,18H,5-14H2,1-4H3. The van der Waals surface area contributed by atoms with Crippen LogP contribution in [0.3, 0.4) is 0 Å². The molecule has 0 saturated carbocycles. The predicted octanol–water partition coefficient (Wildman–Crippen LogP) is 2.64. The number of hydrogen-bond donors (Lipinski definition) is 2. The van der Waals surface area contributed by atoms with E-state index in [0.717, 1.165) is 25.9 Å². The molecule has 0 aliphatic carbocycles. The summed E-state index contributed by atoms with van der Waals surface area (Å²) in [5, 5.41) is 13.1. The zero-order valence-electron chi connectivity index (χ0n) is 13.0. The highest BCUT2D eigenvalue weighted by Gasteiger charge is 2.25. The summed E-state index contributed by atoms with van der Waals surface area (Å²) in [7, 11) is 0. The molecule has 0 aliphatic heterocycles. The summed E-state index contributed by atoms with van der Waals surface area (Å²) in [6.07, 6.45) is 5.69. The summed E-state index contributed by atoms with van der Waals surface area (Å²) >= 11 is 0. The molecule has 0 bridgehead atoms. The molecule has 18 heavy (non-hydrogen) atoms. The molecule has 1 atom stereocenters. The lowest BCUT2D eigenvalue weighted by Gasteiger charge is -2.33. The number of rotatable bonds is 12. The zero-order chi connectivity index (χ0) is 13.9. The van der Waals surface area contributed by atoms with Gasteiger partial charge in [0.05, 0.1) is 6.61 Å². The second kappa shape index (κ2) is 10.8. The molecule has 0 radical (unpaired) electrons. The topological polar surface area (TPSA) is 35.5 Å². The minimum absolute atomic E-state index is 0.0567. The van der Waals surface area contributed by atoms with Gasteiger partial charge in [-0.1, -0.05) is 27.7 Å². The Hall–Kier alpha value is -0.120. The van der Waals surface area contributed by atoms with Gasteiger partial charge in [-0.05, 0) is 58.3 Å². The third-order valence-corrected chi connectivity index (χ3v) is 3.74. The molecule has 3 nitrogen and oxygen atoms in total. The summed E-state index contributed by atoms with van der Waals surface area (Å²) in [6, 6.07) is 0. The molecule has 0 heterocycles. The third-order valence-electron chi connectivity index (χ3n) is 3.74. The van der Waals surface area contributed by atoms with Crippen LogP contribution in [-0.4, -0.2) is 48.3 Å². The van der Waals surface area contributed by atoms with E-state index in [1.807, 2.05) is 0 Å². The van der Waals surface area contributed by atoms with Crippen molar-refractivity contribution in [1.29, 1.82) is 0 Å². The quantitative estimate of drug-likeness (QED) is 0.565.